The minimum atomic E-state index is -0.347. The lowest BCUT2D eigenvalue weighted by Crippen LogP contribution is -2.38. The van der Waals surface area contributed by atoms with Gasteiger partial charge in [0, 0.05) is 40.9 Å². The van der Waals surface area contributed by atoms with Gasteiger partial charge in [0.25, 0.3) is 0 Å². The molecule has 1 aromatic heterocycles. The SMILES string of the molecule is O=C(Nc1cccc(F)c1)C1CCN(Cc2cc3ccccc3n2Cc2ccccc2Cl)CC1. The summed E-state index contributed by atoms with van der Waals surface area (Å²) in [5.74, 6) is -0.439. The van der Waals surface area contributed by atoms with Crippen LogP contribution >= 0.6 is 11.6 Å². The molecule has 1 aliphatic rings. The van der Waals surface area contributed by atoms with E-state index in [-0.39, 0.29) is 17.6 Å². The molecule has 0 spiro atoms. The molecule has 4 nitrogen and oxygen atoms in total. The Kier molecular flexibility index (Phi) is 6.66. The van der Waals surface area contributed by atoms with Crippen LogP contribution in [-0.2, 0) is 17.9 Å². The third kappa shape index (κ3) is 5.01. The fraction of sp³-hybridized carbons (Fsp3) is 0.250. The molecule has 0 saturated carbocycles. The van der Waals surface area contributed by atoms with Crippen molar-refractivity contribution in [2.45, 2.75) is 25.9 Å². The van der Waals surface area contributed by atoms with Crippen LogP contribution in [0.5, 0.6) is 0 Å². The van der Waals surface area contributed by atoms with Gasteiger partial charge in [-0.2, -0.15) is 0 Å². The van der Waals surface area contributed by atoms with Gasteiger partial charge in [-0.05, 0) is 73.3 Å². The number of anilines is 1. The van der Waals surface area contributed by atoms with Crippen LogP contribution in [0.2, 0.25) is 5.02 Å². The van der Waals surface area contributed by atoms with Gasteiger partial charge in [-0.15, -0.1) is 0 Å². The predicted octanol–water partition coefficient (Wildman–Crippen LogP) is 6.33. The Hall–Kier alpha value is -3.15. The van der Waals surface area contributed by atoms with Gasteiger partial charge in [-0.25, -0.2) is 4.39 Å². The van der Waals surface area contributed by atoms with Crippen molar-refractivity contribution < 1.29 is 9.18 Å². The average Bonchev–Trinajstić information content (AvgIpc) is 3.18. The van der Waals surface area contributed by atoms with Crippen molar-refractivity contribution in [3.8, 4) is 0 Å². The van der Waals surface area contributed by atoms with Gasteiger partial charge >= 0.3 is 0 Å². The fourth-order valence-corrected chi connectivity index (χ4v) is 4.97. The molecule has 4 aromatic rings. The number of amides is 1. The minimum Gasteiger partial charge on any atom is -0.339 e. The summed E-state index contributed by atoms with van der Waals surface area (Å²) in [7, 11) is 0. The van der Waals surface area contributed by atoms with E-state index in [0.717, 1.165) is 49.6 Å². The van der Waals surface area contributed by atoms with E-state index in [4.69, 9.17) is 11.6 Å². The molecule has 1 saturated heterocycles. The first-order chi connectivity index (χ1) is 16.6. The zero-order valence-corrected chi connectivity index (χ0v) is 19.6. The number of fused-ring (bicyclic) bond motifs is 1. The third-order valence-electron chi connectivity index (χ3n) is 6.62. The number of halogens is 2. The van der Waals surface area contributed by atoms with Gasteiger partial charge in [0.2, 0.25) is 5.91 Å². The first kappa shape index (κ1) is 22.6. The molecule has 34 heavy (non-hydrogen) atoms. The van der Waals surface area contributed by atoms with E-state index in [1.54, 1.807) is 12.1 Å². The number of nitrogens with one attached hydrogen (secondary N) is 1. The standard InChI is InChI=1S/C28H27ClFN3O/c29-26-10-3-1-7-22(26)18-33-25(16-21-6-2-4-11-27(21)33)19-32-14-12-20(13-15-32)28(34)31-24-9-5-8-23(30)17-24/h1-11,16-17,20H,12-15,18-19H2,(H,31,34). The van der Waals surface area contributed by atoms with Crippen molar-refractivity contribution >= 4 is 34.1 Å². The second kappa shape index (κ2) is 10.00. The molecule has 1 fully saturated rings. The van der Waals surface area contributed by atoms with Gasteiger partial charge in [0.1, 0.15) is 5.82 Å². The predicted molar refractivity (Wildman–Crippen MR) is 136 cm³/mol. The normalized spacial score (nSPS) is 15.0. The number of hydrogen-bond donors (Lipinski definition) is 1. The highest BCUT2D eigenvalue weighted by Gasteiger charge is 2.26. The van der Waals surface area contributed by atoms with Crippen molar-refractivity contribution in [1.82, 2.24) is 9.47 Å². The summed E-state index contributed by atoms with van der Waals surface area (Å²) in [6, 6.07) is 24.7. The van der Waals surface area contributed by atoms with Gasteiger partial charge < -0.3 is 9.88 Å². The lowest BCUT2D eigenvalue weighted by atomic mass is 9.95. The highest BCUT2D eigenvalue weighted by molar-refractivity contribution is 6.31. The molecule has 0 unspecified atom stereocenters. The van der Waals surface area contributed by atoms with E-state index in [0.29, 0.717) is 5.69 Å². The van der Waals surface area contributed by atoms with Crippen LogP contribution in [0.4, 0.5) is 10.1 Å². The summed E-state index contributed by atoms with van der Waals surface area (Å²) in [6.07, 6.45) is 1.57. The average molecular weight is 476 g/mol. The monoisotopic (exact) mass is 475 g/mol. The van der Waals surface area contributed by atoms with E-state index in [1.165, 1.54) is 28.7 Å². The zero-order chi connectivity index (χ0) is 23.5. The van der Waals surface area contributed by atoms with Crippen LogP contribution in [0, 0.1) is 11.7 Å². The lowest BCUT2D eigenvalue weighted by Gasteiger charge is -2.31. The molecule has 2 heterocycles. The van der Waals surface area contributed by atoms with Crippen LogP contribution in [0.1, 0.15) is 24.1 Å². The molecule has 0 bridgehead atoms. The number of nitrogens with zero attached hydrogens (tertiary/aromatic N) is 2. The third-order valence-corrected chi connectivity index (χ3v) is 6.99. The number of carbonyl (C=O) groups is 1. The van der Waals surface area contributed by atoms with Crippen molar-refractivity contribution in [2.75, 3.05) is 18.4 Å². The number of likely N-dealkylation sites (tertiary alicyclic amines) is 1. The Morgan fingerprint density at radius 1 is 0.941 bits per heavy atom. The van der Waals surface area contributed by atoms with Crippen molar-refractivity contribution in [3.05, 3.63) is 101 Å². The highest BCUT2D eigenvalue weighted by Crippen LogP contribution is 2.27. The molecule has 0 radical (unpaired) electrons. The van der Waals surface area contributed by atoms with E-state index in [9.17, 15) is 9.18 Å². The molecule has 0 atom stereocenters. The van der Waals surface area contributed by atoms with Crippen molar-refractivity contribution in [3.63, 3.8) is 0 Å². The summed E-state index contributed by atoms with van der Waals surface area (Å²) in [5.41, 5.74) is 4.04. The summed E-state index contributed by atoms with van der Waals surface area (Å²) >= 11 is 6.47. The zero-order valence-electron chi connectivity index (χ0n) is 18.9. The number of piperidine rings is 1. The molecule has 0 aliphatic carbocycles. The van der Waals surface area contributed by atoms with Crippen molar-refractivity contribution in [1.29, 1.82) is 0 Å². The van der Waals surface area contributed by atoms with Crippen LogP contribution in [0.15, 0.2) is 78.9 Å². The maximum Gasteiger partial charge on any atom is 0.227 e. The number of para-hydroxylation sites is 1. The molecule has 6 heteroatoms. The fourth-order valence-electron chi connectivity index (χ4n) is 4.78. The number of hydrogen-bond acceptors (Lipinski definition) is 2. The number of rotatable bonds is 6. The van der Waals surface area contributed by atoms with Crippen LogP contribution in [0.3, 0.4) is 0 Å². The molecular weight excluding hydrogens is 449 g/mol. The topological polar surface area (TPSA) is 37.3 Å². The van der Waals surface area contributed by atoms with Crippen LogP contribution in [0.25, 0.3) is 10.9 Å². The maximum absolute atomic E-state index is 13.4. The van der Waals surface area contributed by atoms with E-state index in [1.807, 2.05) is 18.2 Å². The molecular formula is C28H27ClFN3O. The molecule has 174 valence electrons. The molecule has 3 aromatic carbocycles. The van der Waals surface area contributed by atoms with E-state index >= 15 is 0 Å². The quantitative estimate of drug-likeness (QED) is 0.353. The molecule has 1 aliphatic heterocycles. The number of carbonyl (C=O) groups excluding carboxylic acids is 1. The number of aromatic nitrogens is 1. The molecule has 5 rings (SSSR count). The van der Waals surface area contributed by atoms with Gasteiger partial charge in [0.05, 0.1) is 0 Å². The summed E-state index contributed by atoms with van der Waals surface area (Å²) in [4.78, 5) is 15.1. The second-order valence-corrected chi connectivity index (χ2v) is 9.33. The molecule has 1 amide bonds. The smallest absolute Gasteiger partial charge is 0.227 e. The molecule has 1 N–H and O–H groups in total. The Balaban J connectivity index is 1.27. The Bertz CT molecular complexity index is 1310. The van der Waals surface area contributed by atoms with Gasteiger partial charge in [-0.3, -0.25) is 9.69 Å². The maximum atomic E-state index is 13.4. The van der Waals surface area contributed by atoms with Crippen LogP contribution in [-0.4, -0.2) is 28.5 Å². The highest BCUT2D eigenvalue weighted by atomic mass is 35.5. The Morgan fingerprint density at radius 3 is 2.50 bits per heavy atom. The van der Waals surface area contributed by atoms with Crippen LogP contribution < -0.4 is 5.32 Å². The first-order valence-electron chi connectivity index (χ1n) is 11.7. The summed E-state index contributed by atoms with van der Waals surface area (Å²) in [5, 5.41) is 4.85. The Morgan fingerprint density at radius 2 is 1.71 bits per heavy atom. The van der Waals surface area contributed by atoms with E-state index in [2.05, 4.69) is 51.2 Å². The number of benzene rings is 3. The largest absolute Gasteiger partial charge is 0.339 e. The van der Waals surface area contributed by atoms with Gasteiger partial charge in [-0.1, -0.05) is 54.1 Å². The lowest BCUT2D eigenvalue weighted by molar-refractivity contribution is -0.121. The van der Waals surface area contributed by atoms with Gasteiger partial charge in [0.15, 0.2) is 0 Å². The summed E-state index contributed by atoms with van der Waals surface area (Å²) in [6.45, 7) is 3.22. The Labute approximate surface area is 204 Å². The van der Waals surface area contributed by atoms with Crippen molar-refractivity contribution in [2.24, 2.45) is 5.92 Å². The second-order valence-electron chi connectivity index (χ2n) is 8.92. The summed E-state index contributed by atoms with van der Waals surface area (Å²) < 4.78 is 15.8. The minimum absolute atomic E-state index is 0.0296. The van der Waals surface area contributed by atoms with E-state index < -0.39 is 0 Å². The first-order valence-corrected chi connectivity index (χ1v) is 12.0.